The Labute approximate surface area is 194 Å². The number of carbonyl (C=O) groups is 1. The van der Waals surface area contributed by atoms with Crippen molar-refractivity contribution in [3.05, 3.63) is 54.7 Å². The van der Waals surface area contributed by atoms with Gasteiger partial charge in [-0.2, -0.15) is 0 Å². The minimum atomic E-state index is -1.16. The summed E-state index contributed by atoms with van der Waals surface area (Å²) in [7, 11) is 0. The molecular formula is C26H30N5O2-. The van der Waals surface area contributed by atoms with E-state index in [0.29, 0.717) is 13.1 Å². The Kier molecular flexibility index (Phi) is 6.31. The van der Waals surface area contributed by atoms with Crippen LogP contribution < -0.4 is 5.11 Å². The van der Waals surface area contributed by atoms with Gasteiger partial charge in [0, 0.05) is 48.4 Å². The highest BCUT2D eigenvalue weighted by molar-refractivity contribution is 6.03. The van der Waals surface area contributed by atoms with Gasteiger partial charge in [-0.25, -0.2) is 4.98 Å². The summed E-state index contributed by atoms with van der Waals surface area (Å²) in [4.78, 5) is 26.9. The van der Waals surface area contributed by atoms with Crippen molar-refractivity contribution >= 4 is 28.0 Å². The molecule has 0 N–H and O–H groups in total. The summed E-state index contributed by atoms with van der Waals surface area (Å²) in [5, 5.41) is 12.8. The lowest BCUT2D eigenvalue weighted by Gasteiger charge is -2.38. The number of pyridine rings is 2. The minimum Gasteiger partial charge on any atom is -0.530 e. The third-order valence-corrected chi connectivity index (χ3v) is 5.98. The Morgan fingerprint density at radius 3 is 2.61 bits per heavy atom. The first-order chi connectivity index (χ1) is 15.8. The maximum Gasteiger partial charge on any atom is 0.137 e. The molecule has 0 aliphatic rings. The van der Waals surface area contributed by atoms with Crippen molar-refractivity contribution in [1.29, 1.82) is 0 Å². The second-order valence-corrected chi connectivity index (χ2v) is 9.34. The van der Waals surface area contributed by atoms with Crippen LogP contribution in [0.5, 0.6) is 0 Å². The molecule has 0 aliphatic heterocycles. The molecule has 0 unspecified atom stereocenters. The maximum absolute atomic E-state index is 11.8. The van der Waals surface area contributed by atoms with E-state index >= 15 is 0 Å². The van der Waals surface area contributed by atoms with Crippen molar-refractivity contribution in [2.75, 3.05) is 6.54 Å². The Hall–Kier alpha value is -3.48. The lowest BCUT2D eigenvalue weighted by atomic mass is 10.0. The second-order valence-electron chi connectivity index (χ2n) is 9.34. The zero-order chi connectivity index (χ0) is 23.6. The average molecular weight is 445 g/mol. The summed E-state index contributed by atoms with van der Waals surface area (Å²) in [6, 6.07) is 10.2. The minimum absolute atomic E-state index is 0.327. The third kappa shape index (κ3) is 4.67. The van der Waals surface area contributed by atoms with Gasteiger partial charge in [0.25, 0.3) is 0 Å². The van der Waals surface area contributed by atoms with Crippen LogP contribution in [0.3, 0.4) is 0 Å². The summed E-state index contributed by atoms with van der Waals surface area (Å²) in [5.41, 5.74) is 4.25. The molecule has 0 atom stereocenters. The Morgan fingerprint density at radius 1 is 1.12 bits per heavy atom. The monoisotopic (exact) mass is 444 g/mol. The van der Waals surface area contributed by atoms with Crippen molar-refractivity contribution in [2.24, 2.45) is 0 Å². The fraction of sp³-hybridized carbons (Fsp3) is 0.385. The number of imidazole rings is 1. The van der Waals surface area contributed by atoms with Gasteiger partial charge in [0.2, 0.25) is 0 Å². The van der Waals surface area contributed by atoms with Crippen LogP contribution in [-0.2, 0) is 13.0 Å². The molecule has 0 saturated heterocycles. The van der Waals surface area contributed by atoms with E-state index < -0.39 is 11.6 Å². The molecular weight excluding hydrogens is 414 g/mol. The molecule has 1 amide bonds. The van der Waals surface area contributed by atoms with Crippen LogP contribution in [0.15, 0.2) is 48.9 Å². The van der Waals surface area contributed by atoms with E-state index in [1.807, 2.05) is 45.3 Å². The van der Waals surface area contributed by atoms with Crippen LogP contribution in [0.25, 0.3) is 33.1 Å². The molecule has 0 bridgehead atoms. The smallest absolute Gasteiger partial charge is 0.137 e. The van der Waals surface area contributed by atoms with Crippen molar-refractivity contribution < 1.29 is 9.90 Å². The Bertz CT molecular complexity index is 1270. The van der Waals surface area contributed by atoms with Crippen LogP contribution in [0.4, 0.5) is 4.79 Å². The summed E-state index contributed by atoms with van der Waals surface area (Å²) in [5.74, 6) is 0.963. The summed E-state index contributed by atoms with van der Waals surface area (Å²) in [6.45, 7) is 8.63. The molecule has 7 heteroatoms. The van der Waals surface area contributed by atoms with Gasteiger partial charge in [0.15, 0.2) is 0 Å². The highest BCUT2D eigenvalue weighted by Gasteiger charge is 2.22. The normalized spacial score (nSPS) is 11.9. The van der Waals surface area contributed by atoms with Gasteiger partial charge in [0.05, 0.1) is 17.2 Å². The van der Waals surface area contributed by atoms with Crippen LogP contribution in [-0.4, -0.2) is 42.6 Å². The number of unbranched alkanes of at least 4 members (excludes halogenated alkanes) is 1. The van der Waals surface area contributed by atoms with Gasteiger partial charge in [-0.1, -0.05) is 31.5 Å². The number of aromatic nitrogens is 4. The van der Waals surface area contributed by atoms with E-state index in [1.54, 1.807) is 6.20 Å². The average Bonchev–Trinajstić information content (AvgIpc) is 3.14. The van der Waals surface area contributed by atoms with Crippen LogP contribution >= 0.6 is 0 Å². The lowest BCUT2D eigenvalue weighted by molar-refractivity contribution is -0.270. The molecule has 0 aliphatic carbocycles. The van der Waals surface area contributed by atoms with E-state index in [2.05, 4.69) is 39.7 Å². The van der Waals surface area contributed by atoms with E-state index in [0.717, 1.165) is 58.2 Å². The Morgan fingerprint density at radius 2 is 1.94 bits per heavy atom. The van der Waals surface area contributed by atoms with E-state index in [4.69, 9.17) is 4.98 Å². The summed E-state index contributed by atoms with van der Waals surface area (Å²) < 4.78 is 2.17. The van der Waals surface area contributed by atoms with E-state index in [1.165, 1.54) is 4.90 Å². The number of carbonyl (C=O) groups excluding carboxylic acids is 1. The predicted molar refractivity (Wildman–Crippen MR) is 129 cm³/mol. The van der Waals surface area contributed by atoms with Gasteiger partial charge in [-0.05, 0) is 44.9 Å². The first-order valence-corrected chi connectivity index (χ1v) is 11.5. The molecule has 4 rings (SSSR count). The number of hydrogen-bond acceptors (Lipinski definition) is 5. The molecule has 4 aromatic rings. The maximum atomic E-state index is 11.8. The number of aryl methyl sites for hydroxylation is 1. The zero-order valence-corrected chi connectivity index (χ0v) is 19.7. The van der Waals surface area contributed by atoms with Crippen molar-refractivity contribution in [2.45, 2.75) is 59.0 Å². The number of benzene rings is 1. The predicted octanol–water partition coefficient (Wildman–Crippen LogP) is 4.43. The molecule has 1 aromatic carbocycles. The number of hydrogen-bond donors (Lipinski definition) is 0. The summed E-state index contributed by atoms with van der Waals surface area (Å²) in [6.07, 6.45) is 7.17. The van der Waals surface area contributed by atoms with Gasteiger partial charge in [-0.3, -0.25) is 9.97 Å². The highest BCUT2D eigenvalue weighted by atomic mass is 16.4. The SMILES string of the molecule is CCCCc1nc2cnc3cc(-c4cccnc4)ccc3c2n1CCN(C(=O)[O-])C(C)(C)C. The molecule has 0 saturated carbocycles. The quantitative estimate of drug-likeness (QED) is 0.421. The number of nitrogens with zero attached hydrogens (tertiary/aromatic N) is 5. The molecule has 33 heavy (non-hydrogen) atoms. The standard InChI is InChI=1S/C26H31N5O2/c1-5-6-9-23-29-22-17-28-21-15-18(19-8-7-12-27-16-19)10-11-20(21)24(22)30(23)13-14-31(25(32)33)26(2,3)4/h7-8,10-12,15-17H,5-6,9,13-14H2,1-4H3,(H,32,33)/p-1. The highest BCUT2D eigenvalue weighted by Crippen LogP contribution is 2.29. The van der Waals surface area contributed by atoms with Crippen molar-refractivity contribution in [3.8, 4) is 11.1 Å². The van der Waals surface area contributed by atoms with Crippen molar-refractivity contribution in [1.82, 2.24) is 24.4 Å². The number of rotatable bonds is 7. The van der Waals surface area contributed by atoms with Gasteiger partial charge < -0.3 is 19.4 Å². The van der Waals surface area contributed by atoms with Crippen LogP contribution in [0.1, 0.15) is 46.4 Å². The fourth-order valence-corrected chi connectivity index (χ4v) is 4.24. The summed E-state index contributed by atoms with van der Waals surface area (Å²) >= 11 is 0. The van der Waals surface area contributed by atoms with Gasteiger partial charge in [-0.15, -0.1) is 0 Å². The van der Waals surface area contributed by atoms with Crippen LogP contribution in [0, 0.1) is 0 Å². The topological polar surface area (TPSA) is 87.0 Å². The van der Waals surface area contributed by atoms with Crippen molar-refractivity contribution in [3.63, 3.8) is 0 Å². The third-order valence-electron chi connectivity index (χ3n) is 5.98. The zero-order valence-electron chi connectivity index (χ0n) is 19.7. The van der Waals surface area contributed by atoms with Crippen LogP contribution in [0.2, 0.25) is 0 Å². The number of amides is 1. The van der Waals surface area contributed by atoms with Gasteiger partial charge in [0.1, 0.15) is 17.4 Å². The second kappa shape index (κ2) is 9.17. The first-order valence-electron chi connectivity index (χ1n) is 11.5. The molecule has 172 valence electrons. The molecule has 0 spiro atoms. The molecule has 0 fully saturated rings. The number of fused-ring (bicyclic) bond motifs is 3. The number of carboxylic acid groups (broad SMARTS) is 1. The lowest BCUT2D eigenvalue weighted by Crippen LogP contribution is -2.52. The largest absolute Gasteiger partial charge is 0.530 e. The van der Waals surface area contributed by atoms with E-state index in [9.17, 15) is 9.90 Å². The first kappa shape index (κ1) is 22.7. The molecule has 0 radical (unpaired) electrons. The van der Waals surface area contributed by atoms with Gasteiger partial charge >= 0.3 is 0 Å². The molecule has 3 aromatic heterocycles. The fourth-order valence-electron chi connectivity index (χ4n) is 4.24. The molecule has 7 nitrogen and oxygen atoms in total. The Balaban J connectivity index is 1.81. The molecule has 3 heterocycles. The van der Waals surface area contributed by atoms with E-state index in [-0.39, 0.29) is 0 Å².